The van der Waals surface area contributed by atoms with Gasteiger partial charge in [-0.05, 0) is 23.8 Å². The molecule has 0 aromatic carbocycles. The number of aldehydes is 1. The molecule has 0 unspecified atom stereocenters. The van der Waals surface area contributed by atoms with Gasteiger partial charge in [0, 0.05) is 5.57 Å². The molecule has 11 heavy (non-hydrogen) atoms. The Balaban J connectivity index is 2.94. The first-order valence-electron chi connectivity index (χ1n) is 3.93. The summed E-state index contributed by atoms with van der Waals surface area (Å²) in [6.45, 7) is 8.18. The average molecular weight is 150 g/mol. The van der Waals surface area contributed by atoms with Crippen LogP contribution in [0.25, 0.3) is 0 Å². The lowest BCUT2D eigenvalue weighted by molar-refractivity contribution is -0.104. The summed E-state index contributed by atoms with van der Waals surface area (Å²) in [6.07, 6.45) is 4.98. The number of allylic oxidation sites excluding steroid dienone is 3. The summed E-state index contributed by atoms with van der Waals surface area (Å²) in [5.74, 6) is 0. The summed E-state index contributed by atoms with van der Waals surface area (Å²) < 4.78 is 0. The molecule has 0 aromatic heterocycles. The van der Waals surface area contributed by atoms with Gasteiger partial charge in [0.25, 0.3) is 0 Å². The fraction of sp³-hybridized carbons (Fsp3) is 0.500. The van der Waals surface area contributed by atoms with Gasteiger partial charge in [-0.1, -0.05) is 26.5 Å². The van der Waals surface area contributed by atoms with E-state index < -0.39 is 0 Å². The van der Waals surface area contributed by atoms with Gasteiger partial charge in [-0.3, -0.25) is 4.79 Å². The van der Waals surface area contributed by atoms with E-state index in [4.69, 9.17) is 0 Å². The maximum atomic E-state index is 10.5. The van der Waals surface area contributed by atoms with Crippen LogP contribution in [-0.2, 0) is 4.79 Å². The van der Waals surface area contributed by atoms with Gasteiger partial charge in [0.2, 0.25) is 0 Å². The van der Waals surface area contributed by atoms with Crippen molar-refractivity contribution in [2.75, 3.05) is 0 Å². The number of rotatable bonds is 1. The number of hydrogen-bond donors (Lipinski definition) is 0. The standard InChI is InChI=1S/C10H14O/c1-8-9(7-11)5-4-6-10(8,2)3/h5,7H,1,4,6H2,2-3H3. The summed E-state index contributed by atoms with van der Waals surface area (Å²) in [7, 11) is 0. The monoisotopic (exact) mass is 150 g/mol. The summed E-state index contributed by atoms with van der Waals surface area (Å²) in [4.78, 5) is 10.5. The second-order valence-corrected chi connectivity index (χ2v) is 3.68. The van der Waals surface area contributed by atoms with Crippen LogP contribution in [0.1, 0.15) is 26.7 Å². The lowest BCUT2D eigenvalue weighted by atomic mass is 9.74. The van der Waals surface area contributed by atoms with Crippen LogP contribution in [0.2, 0.25) is 0 Å². The summed E-state index contributed by atoms with van der Waals surface area (Å²) in [5, 5.41) is 0. The van der Waals surface area contributed by atoms with E-state index >= 15 is 0 Å². The smallest absolute Gasteiger partial charge is 0.150 e. The van der Waals surface area contributed by atoms with E-state index in [1.807, 2.05) is 6.08 Å². The molecule has 0 N–H and O–H groups in total. The zero-order chi connectivity index (χ0) is 8.48. The van der Waals surface area contributed by atoms with Crippen molar-refractivity contribution >= 4 is 6.29 Å². The largest absolute Gasteiger partial charge is 0.298 e. The molecule has 0 aromatic rings. The molecular weight excluding hydrogens is 136 g/mol. The molecule has 0 fully saturated rings. The molecule has 0 spiro atoms. The molecule has 0 bridgehead atoms. The predicted molar refractivity (Wildman–Crippen MR) is 46.3 cm³/mol. The molecule has 1 aliphatic carbocycles. The Hall–Kier alpha value is -0.850. The van der Waals surface area contributed by atoms with Crippen molar-refractivity contribution in [2.24, 2.45) is 5.41 Å². The molecule has 0 aliphatic heterocycles. The number of carbonyl (C=O) groups excluding carboxylic acids is 1. The fourth-order valence-corrected chi connectivity index (χ4v) is 1.37. The highest BCUT2D eigenvalue weighted by molar-refractivity contribution is 5.80. The Morgan fingerprint density at radius 2 is 2.27 bits per heavy atom. The molecule has 1 aliphatic rings. The maximum absolute atomic E-state index is 10.5. The molecule has 1 nitrogen and oxygen atoms in total. The first kappa shape index (κ1) is 8.25. The third-order valence-corrected chi connectivity index (χ3v) is 2.43. The minimum absolute atomic E-state index is 0.116. The Morgan fingerprint density at radius 3 is 2.73 bits per heavy atom. The van der Waals surface area contributed by atoms with Gasteiger partial charge < -0.3 is 0 Å². The van der Waals surface area contributed by atoms with Crippen LogP contribution in [0.5, 0.6) is 0 Å². The van der Waals surface area contributed by atoms with Crippen LogP contribution in [-0.4, -0.2) is 6.29 Å². The molecule has 0 saturated carbocycles. The molecular formula is C10H14O. The van der Waals surface area contributed by atoms with Gasteiger partial charge in [0.1, 0.15) is 6.29 Å². The Bertz CT molecular complexity index is 221. The topological polar surface area (TPSA) is 17.1 Å². The van der Waals surface area contributed by atoms with E-state index in [1.165, 1.54) is 0 Å². The first-order valence-corrected chi connectivity index (χ1v) is 3.93. The summed E-state index contributed by atoms with van der Waals surface area (Å²) >= 11 is 0. The molecule has 0 radical (unpaired) electrons. The number of hydrogen-bond acceptors (Lipinski definition) is 1. The van der Waals surface area contributed by atoms with E-state index in [0.29, 0.717) is 0 Å². The highest BCUT2D eigenvalue weighted by atomic mass is 16.1. The zero-order valence-corrected chi connectivity index (χ0v) is 7.18. The van der Waals surface area contributed by atoms with Gasteiger partial charge >= 0.3 is 0 Å². The van der Waals surface area contributed by atoms with Crippen molar-refractivity contribution in [1.82, 2.24) is 0 Å². The van der Waals surface area contributed by atoms with Gasteiger partial charge in [-0.2, -0.15) is 0 Å². The molecule has 0 heterocycles. The molecule has 0 saturated heterocycles. The van der Waals surface area contributed by atoms with Crippen LogP contribution in [0, 0.1) is 5.41 Å². The van der Waals surface area contributed by atoms with Crippen molar-refractivity contribution in [3.8, 4) is 0 Å². The second-order valence-electron chi connectivity index (χ2n) is 3.68. The summed E-state index contributed by atoms with van der Waals surface area (Å²) in [5.41, 5.74) is 1.89. The lowest BCUT2D eigenvalue weighted by Crippen LogP contribution is -2.19. The fourth-order valence-electron chi connectivity index (χ4n) is 1.37. The van der Waals surface area contributed by atoms with Crippen LogP contribution >= 0.6 is 0 Å². The van der Waals surface area contributed by atoms with E-state index in [-0.39, 0.29) is 5.41 Å². The van der Waals surface area contributed by atoms with E-state index in [2.05, 4.69) is 20.4 Å². The molecule has 1 rings (SSSR count). The van der Waals surface area contributed by atoms with Gasteiger partial charge in [-0.15, -0.1) is 0 Å². The third kappa shape index (κ3) is 1.42. The predicted octanol–water partition coefficient (Wildman–Crippen LogP) is 2.49. The van der Waals surface area contributed by atoms with Crippen LogP contribution in [0.4, 0.5) is 0 Å². The average Bonchev–Trinajstić information content (AvgIpc) is 1.95. The van der Waals surface area contributed by atoms with Crippen molar-refractivity contribution in [1.29, 1.82) is 0 Å². The van der Waals surface area contributed by atoms with Crippen molar-refractivity contribution in [2.45, 2.75) is 26.7 Å². The highest BCUT2D eigenvalue weighted by Crippen LogP contribution is 2.38. The van der Waals surface area contributed by atoms with Crippen LogP contribution in [0.3, 0.4) is 0 Å². The Labute approximate surface area is 67.8 Å². The highest BCUT2D eigenvalue weighted by Gasteiger charge is 2.26. The molecule has 0 amide bonds. The van der Waals surface area contributed by atoms with E-state index in [1.54, 1.807) is 0 Å². The second kappa shape index (κ2) is 2.65. The quantitative estimate of drug-likeness (QED) is 0.525. The minimum atomic E-state index is 0.116. The van der Waals surface area contributed by atoms with Crippen LogP contribution in [0.15, 0.2) is 23.8 Å². The molecule has 1 heteroatoms. The van der Waals surface area contributed by atoms with E-state index in [9.17, 15) is 4.79 Å². The zero-order valence-electron chi connectivity index (χ0n) is 7.18. The lowest BCUT2D eigenvalue weighted by Gasteiger charge is -2.30. The van der Waals surface area contributed by atoms with Crippen LogP contribution < -0.4 is 0 Å². The van der Waals surface area contributed by atoms with Crippen molar-refractivity contribution in [3.05, 3.63) is 23.8 Å². The van der Waals surface area contributed by atoms with Crippen molar-refractivity contribution < 1.29 is 4.79 Å². The molecule has 0 atom stereocenters. The maximum Gasteiger partial charge on any atom is 0.150 e. The third-order valence-electron chi connectivity index (χ3n) is 2.43. The van der Waals surface area contributed by atoms with Gasteiger partial charge in [0.05, 0.1) is 0 Å². The van der Waals surface area contributed by atoms with Gasteiger partial charge in [0.15, 0.2) is 0 Å². The number of carbonyl (C=O) groups is 1. The summed E-state index contributed by atoms with van der Waals surface area (Å²) in [6, 6.07) is 0. The molecule has 60 valence electrons. The van der Waals surface area contributed by atoms with E-state index in [0.717, 1.165) is 30.3 Å². The first-order chi connectivity index (χ1) is 5.08. The normalized spacial score (nSPS) is 22.7. The van der Waals surface area contributed by atoms with Gasteiger partial charge in [-0.25, -0.2) is 0 Å². The Kier molecular flexibility index (Phi) is 1.99. The minimum Gasteiger partial charge on any atom is -0.298 e. The van der Waals surface area contributed by atoms with Crippen molar-refractivity contribution in [3.63, 3.8) is 0 Å². The SMILES string of the molecule is C=C1C(C=O)=CCCC1(C)C. The Morgan fingerprint density at radius 1 is 1.64 bits per heavy atom.